The fourth-order valence-corrected chi connectivity index (χ4v) is 5.49. The number of thioether (sulfide) groups is 1. The minimum absolute atomic E-state index is 0.0512. The van der Waals surface area contributed by atoms with Crippen LogP contribution in [0, 0.1) is 11.7 Å². The van der Waals surface area contributed by atoms with Crippen molar-refractivity contribution < 1.29 is 18.7 Å². The number of anilines is 1. The molecule has 2 aliphatic heterocycles. The van der Waals surface area contributed by atoms with E-state index in [-0.39, 0.29) is 30.1 Å². The van der Waals surface area contributed by atoms with Crippen molar-refractivity contribution in [3.8, 4) is 5.75 Å². The lowest BCUT2D eigenvalue weighted by Gasteiger charge is -2.34. The van der Waals surface area contributed by atoms with Gasteiger partial charge in [0.25, 0.3) is 5.91 Å². The maximum atomic E-state index is 13.8. The Morgan fingerprint density at radius 1 is 1.28 bits per heavy atom. The highest BCUT2D eigenvalue weighted by molar-refractivity contribution is 8.01. The van der Waals surface area contributed by atoms with E-state index in [1.165, 1.54) is 23.9 Å². The van der Waals surface area contributed by atoms with Crippen LogP contribution in [0.3, 0.4) is 0 Å². The molecule has 0 N–H and O–H groups in total. The van der Waals surface area contributed by atoms with Gasteiger partial charge < -0.3 is 14.5 Å². The first-order chi connectivity index (χ1) is 13.9. The summed E-state index contributed by atoms with van der Waals surface area (Å²) in [5.74, 6) is 0.531. The summed E-state index contributed by atoms with van der Waals surface area (Å²) >= 11 is 1.48. The number of methoxy groups -OCH3 is 1. The van der Waals surface area contributed by atoms with E-state index < -0.39 is 4.87 Å². The second-order valence-corrected chi connectivity index (χ2v) is 8.83. The molecule has 5 nitrogen and oxygen atoms in total. The second-order valence-electron chi connectivity index (χ2n) is 7.54. The molecule has 2 aliphatic rings. The third-order valence-electron chi connectivity index (χ3n) is 5.39. The van der Waals surface area contributed by atoms with E-state index in [1.54, 1.807) is 35.1 Å². The van der Waals surface area contributed by atoms with Crippen LogP contribution in [0.25, 0.3) is 0 Å². The van der Waals surface area contributed by atoms with Crippen LogP contribution in [-0.2, 0) is 21.0 Å². The molecule has 1 fully saturated rings. The number of carbonyl (C=O) groups is 2. The van der Waals surface area contributed by atoms with Gasteiger partial charge in [0.15, 0.2) is 4.87 Å². The minimum Gasteiger partial charge on any atom is -0.497 e. The zero-order valence-electron chi connectivity index (χ0n) is 16.6. The van der Waals surface area contributed by atoms with E-state index >= 15 is 0 Å². The van der Waals surface area contributed by atoms with Gasteiger partial charge in [-0.25, -0.2) is 4.39 Å². The summed E-state index contributed by atoms with van der Waals surface area (Å²) in [7, 11) is 1.58. The number of halogens is 1. The Kier molecular flexibility index (Phi) is 5.02. The van der Waals surface area contributed by atoms with Crippen molar-refractivity contribution >= 4 is 29.3 Å². The molecule has 0 saturated carbocycles. The Balaban J connectivity index is 1.83. The molecular weight excluding hydrogens is 391 g/mol. The van der Waals surface area contributed by atoms with Gasteiger partial charge in [0.05, 0.1) is 19.3 Å². The largest absolute Gasteiger partial charge is 0.497 e. The number of nitrogens with zero attached hydrogens (tertiary/aromatic N) is 2. The molecule has 2 amide bonds. The van der Waals surface area contributed by atoms with Crippen LogP contribution in [-0.4, -0.2) is 36.1 Å². The van der Waals surface area contributed by atoms with Crippen molar-refractivity contribution in [1.29, 1.82) is 0 Å². The number of amides is 2. The maximum absolute atomic E-state index is 13.8. The summed E-state index contributed by atoms with van der Waals surface area (Å²) in [6.07, 6.45) is 0. The van der Waals surface area contributed by atoms with Crippen molar-refractivity contribution in [1.82, 2.24) is 4.90 Å². The summed E-state index contributed by atoms with van der Waals surface area (Å²) in [5.41, 5.74) is 2.19. The van der Waals surface area contributed by atoms with Gasteiger partial charge in [-0.15, -0.1) is 11.8 Å². The molecule has 1 spiro atoms. The average Bonchev–Trinajstić information content (AvgIpc) is 3.24. The number of benzene rings is 2. The molecule has 1 atom stereocenters. The number of carbonyl (C=O) groups excluding carboxylic acids is 2. The molecule has 0 aromatic heterocycles. The molecular formula is C22H23FN2O3S. The lowest BCUT2D eigenvalue weighted by atomic mass is 10.0. The van der Waals surface area contributed by atoms with Crippen LogP contribution in [0.2, 0.25) is 0 Å². The number of rotatable bonds is 4. The Labute approximate surface area is 173 Å². The smallest absolute Gasteiger partial charge is 0.268 e. The molecule has 7 heteroatoms. The molecule has 1 saturated heterocycles. The van der Waals surface area contributed by atoms with Crippen LogP contribution in [0.15, 0.2) is 42.5 Å². The maximum Gasteiger partial charge on any atom is 0.268 e. The monoisotopic (exact) mass is 414 g/mol. The van der Waals surface area contributed by atoms with Crippen molar-refractivity contribution in [2.45, 2.75) is 25.3 Å². The summed E-state index contributed by atoms with van der Waals surface area (Å²) < 4.78 is 19.1. The van der Waals surface area contributed by atoms with Gasteiger partial charge in [-0.05, 0) is 35.9 Å². The zero-order chi connectivity index (χ0) is 20.8. The highest BCUT2D eigenvalue weighted by atomic mass is 32.2. The topological polar surface area (TPSA) is 49.9 Å². The van der Waals surface area contributed by atoms with Gasteiger partial charge >= 0.3 is 0 Å². The van der Waals surface area contributed by atoms with E-state index in [2.05, 4.69) is 0 Å². The third-order valence-corrected chi connectivity index (χ3v) is 6.81. The quantitative estimate of drug-likeness (QED) is 0.764. The van der Waals surface area contributed by atoms with Gasteiger partial charge in [-0.1, -0.05) is 26.0 Å². The highest BCUT2D eigenvalue weighted by Crippen LogP contribution is 2.55. The fraction of sp³-hybridized carbons (Fsp3) is 0.364. The van der Waals surface area contributed by atoms with Crippen molar-refractivity contribution in [3.05, 3.63) is 59.4 Å². The van der Waals surface area contributed by atoms with Crippen LogP contribution in [0.5, 0.6) is 5.75 Å². The van der Waals surface area contributed by atoms with E-state index in [4.69, 9.17) is 4.74 Å². The number of hydrogen-bond donors (Lipinski definition) is 0. The first-order valence-corrected chi connectivity index (χ1v) is 10.6. The summed E-state index contributed by atoms with van der Waals surface area (Å²) in [5, 5.41) is 0. The molecule has 0 unspecified atom stereocenters. The minimum atomic E-state index is -1.10. The Bertz CT molecular complexity index is 980. The second kappa shape index (κ2) is 7.37. The van der Waals surface area contributed by atoms with Gasteiger partial charge in [0.2, 0.25) is 5.91 Å². The standard InChI is InChI=1S/C22H23FN2O3S/c1-14(2)20(26)25-9-10-29-22(25)18-12-17(28-3)7-8-19(18)24(21(22)27)13-15-5-4-6-16(23)11-15/h4-8,11-12,14H,9-10,13H2,1-3H3/t22-/m0/s1. The molecule has 0 radical (unpaired) electrons. The SMILES string of the molecule is COc1ccc2c(c1)[C@]1(SCCN1C(=O)C(C)C)C(=O)N2Cc1cccc(F)c1. The predicted octanol–water partition coefficient (Wildman–Crippen LogP) is 3.77. The van der Waals surface area contributed by atoms with E-state index in [0.717, 1.165) is 11.3 Å². The van der Waals surface area contributed by atoms with Crippen molar-refractivity contribution in [2.75, 3.05) is 24.3 Å². The van der Waals surface area contributed by atoms with Crippen LogP contribution in [0.4, 0.5) is 10.1 Å². The lowest BCUT2D eigenvalue weighted by molar-refractivity contribution is -0.142. The Morgan fingerprint density at radius 3 is 2.76 bits per heavy atom. The number of fused-ring (bicyclic) bond motifs is 2. The van der Waals surface area contributed by atoms with Crippen LogP contribution < -0.4 is 9.64 Å². The van der Waals surface area contributed by atoms with Crippen LogP contribution in [0.1, 0.15) is 25.0 Å². The van der Waals surface area contributed by atoms with Gasteiger partial charge in [-0.2, -0.15) is 0 Å². The molecule has 152 valence electrons. The van der Waals surface area contributed by atoms with Gasteiger partial charge in [0, 0.05) is 23.8 Å². The zero-order valence-corrected chi connectivity index (χ0v) is 17.5. The fourth-order valence-electron chi connectivity index (χ4n) is 4.03. The average molecular weight is 415 g/mol. The summed E-state index contributed by atoms with van der Waals surface area (Å²) in [4.78, 5) is 29.0. The third kappa shape index (κ3) is 3.08. The predicted molar refractivity (Wildman–Crippen MR) is 111 cm³/mol. The molecule has 2 heterocycles. The van der Waals surface area contributed by atoms with Crippen LogP contribution >= 0.6 is 11.8 Å². The van der Waals surface area contributed by atoms with E-state index in [0.29, 0.717) is 23.6 Å². The van der Waals surface area contributed by atoms with Gasteiger partial charge in [0.1, 0.15) is 11.6 Å². The molecule has 0 bridgehead atoms. The molecule has 2 aromatic carbocycles. The highest BCUT2D eigenvalue weighted by Gasteiger charge is 2.59. The first-order valence-electron chi connectivity index (χ1n) is 9.59. The number of ether oxygens (including phenoxy) is 1. The normalized spacial score (nSPS) is 20.7. The molecule has 4 rings (SSSR count). The summed E-state index contributed by atoms with van der Waals surface area (Å²) in [6.45, 7) is 4.44. The Hall–Kier alpha value is -2.54. The van der Waals surface area contributed by atoms with Crippen molar-refractivity contribution in [2.24, 2.45) is 5.92 Å². The first kappa shape index (κ1) is 19.8. The lowest BCUT2D eigenvalue weighted by Crippen LogP contribution is -2.51. The van der Waals surface area contributed by atoms with E-state index in [1.807, 2.05) is 26.0 Å². The van der Waals surface area contributed by atoms with Gasteiger partial charge in [-0.3, -0.25) is 9.59 Å². The number of hydrogen-bond acceptors (Lipinski definition) is 4. The molecule has 2 aromatic rings. The molecule has 29 heavy (non-hydrogen) atoms. The van der Waals surface area contributed by atoms with Crippen molar-refractivity contribution in [3.63, 3.8) is 0 Å². The molecule has 0 aliphatic carbocycles. The Morgan fingerprint density at radius 2 is 2.07 bits per heavy atom. The van der Waals surface area contributed by atoms with E-state index in [9.17, 15) is 14.0 Å². The summed E-state index contributed by atoms with van der Waals surface area (Å²) in [6, 6.07) is 11.7.